The number of carbonyl (C=O) groups is 2. The lowest BCUT2D eigenvalue weighted by Gasteiger charge is -2.44. The van der Waals surface area contributed by atoms with Crippen molar-refractivity contribution >= 4 is 40.2 Å². The third-order valence-electron chi connectivity index (χ3n) is 5.33. The van der Waals surface area contributed by atoms with E-state index in [9.17, 15) is 14.0 Å². The molecule has 31 heavy (non-hydrogen) atoms. The molecule has 0 spiro atoms. The molecule has 9 heteroatoms. The third kappa shape index (κ3) is 5.51. The van der Waals surface area contributed by atoms with Crippen LogP contribution < -0.4 is 10.1 Å². The van der Waals surface area contributed by atoms with Gasteiger partial charge in [0.25, 0.3) is 5.91 Å². The van der Waals surface area contributed by atoms with Gasteiger partial charge in [-0.05, 0) is 60.2 Å². The molecule has 1 aromatic carbocycles. The summed E-state index contributed by atoms with van der Waals surface area (Å²) in [4.78, 5) is 33.2. The number of carbonyl (C=O) groups excluding carboxylic acids is 2. The molecule has 2 atom stereocenters. The molecule has 2 heterocycles. The minimum Gasteiger partial charge on any atom is -0.480 e. The van der Waals surface area contributed by atoms with Crippen molar-refractivity contribution in [2.45, 2.75) is 39.4 Å². The fourth-order valence-corrected chi connectivity index (χ4v) is 4.28. The van der Waals surface area contributed by atoms with E-state index in [-0.39, 0.29) is 35.6 Å². The number of hydrogen-bond donors (Lipinski definition) is 1. The minimum absolute atomic E-state index is 0.0264. The predicted molar refractivity (Wildman–Crippen MR) is 125 cm³/mol. The zero-order valence-corrected chi connectivity index (χ0v) is 20.1. The molecule has 1 aromatic heterocycles. The molecule has 1 fully saturated rings. The SMILES string of the molecule is COc1nc(NC(C)=O)c(I)cc1C(=O)N1CC(C)N(Cc2ccc(F)cc2)C[C@H]1C. The number of methoxy groups -OCH3 is 1. The first-order valence-electron chi connectivity index (χ1n) is 10.0. The number of rotatable bonds is 5. The molecule has 166 valence electrons. The molecule has 0 aliphatic carbocycles. The summed E-state index contributed by atoms with van der Waals surface area (Å²) in [6.07, 6.45) is 0. The second kappa shape index (κ2) is 9.90. The average molecular weight is 540 g/mol. The van der Waals surface area contributed by atoms with E-state index in [0.29, 0.717) is 34.6 Å². The van der Waals surface area contributed by atoms with Crippen LogP contribution in [-0.2, 0) is 11.3 Å². The number of benzene rings is 1. The van der Waals surface area contributed by atoms with Crippen molar-refractivity contribution < 1.29 is 18.7 Å². The van der Waals surface area contributed by atoms with E-state index in [1.54, 1.807) is 18.2 Å². The van der Waals surface area contributed by atoms with Crippen LogP contribution in [0.2, 0.25) is 0 Å². The molecule has 0 bridgehead atoms. The Morgan fingerprint density at radius 3 is 2.52 bits per heavy atom. The number of pyridine rings is 1. The van der Waals surface area contributed by atoms with Gasteiger partial charge in [0.1, 0.15) is 17.2 Å². The van der Waals surface area contributed by atoms with Gasteiger partial charge in [-0.1, -0.05) is 12.1 Å². The van der Waals surface area contributed by atoms with Gasteiger partial charge < -0.3 is 15.0 Å². The third-order valence-corrected chi connectivity index (χ3v) is 6.16. The molecule has 0 radical (unpaired) electrons. The fourth-order valence-electron chi connectivity index (χ4n) is 3.72. The van der Waals surface area contributed by atoms with Crippen LogP contribution in [-0.4, -0.2) is 58.9 Å². The van der Waals surface area contributed by atoms with Gasteiger partial charge in [0.05, 0.1) is 10.7 Å². The van der Waals surface area contributed by atoms with Gasteiger partial charge in [0.15, 0.2) is 0 Å². The number of amides is 2. The van der Waals surface area contributed by atoms with Gasteiger partial charge in [-0.3, -0.25) is 14.5 Å². The van der Waals surface area contributed by atoms with E-state index in [0.717, 1.165) is 5.56 Å². The van der Waals surface area contributed by atoms with Crippen molar-refractivity contribution in [2.75, 3.05) is 25.5 Å². The molecule has 3 rings (SSSR count). The van der Waals surface area contributed by atoms with Gasteiger partial charge in [-0.15, -0.1) is 0 Å². The van der Waals surface area contributed by atoms with Gasteiger partial charge in [0, 0.05) is 38.6 Å². The summed E-state index contributed by atoms with van der Waals surface area (Å²) in [7, 11) is 1.45. The Hall–Kier alpha value is -2.27. The lowest BCUT2D eigenvalue weighted by atomic mass is 10.0. The van der Waals surface area contributed by atoms with Crippen LogP contribution in [0.5, 0.6) is 5.88 Å². The highest BCUT2D eigenvalue weighted by atomic mass is 127. The first kappa shape index (κ1) is 23.4. The summed E-state index contributed by atoms with van der Waals surface area (Å²) in [5.74, 6) is -0.0965. The first-order valence-corrected chi connectivity index (χ1v) is 11.1. The fraction of sp³-hybridized carbons (Fsp3) is 0.409. The van der Waals surface area contributed by atoms with E-state index in [4.69, 9.17) is 4.74 Å². The lowest BCUT2D eigenvalue weighted by Crippen LogP contribution is -2.57. The lowest BCUT2D eigenvalue weighted by molar-refractivity contribution is -0.114. The number of halogens is 2. The molecule has 1 aliphatic heterocycles. The molecular formula is C22H26FIN4O3. The summed E-state index contributed by atoms with van der Waals surface area (Å²) in [6.45, 7) is 7.43. The molecule has 1 aliphatic rings. The molecule has 1 unspecified atom stereocenters. The first-order chi connectivity index (χ1) is 14.7. The molecule has 1 saturated heterocycles. The standard InChI is InChI=1S/C22H26FIN4O3/c1-13-11-28(14(2)10-27(13)12-16-5-7-17(23)8-6-16)22(30)18-9-19(24)20(25-15(3)29)26-21(18)31-4/h5-9,13-14H,10-12H2,1-4H3,(H,25,26,29)/t13?,14-/m1/s1. The van der Waals surface area contributed by atoms with Crippen LogP contribution in [0.1, 0.15) is 36.7 Å². The number of nitrogens with one attached hydrogen (secondary N) is 1. The molecule has 2 amide bonds. The average Bonchev–Trinajstić information content (AvgIpc) is 2.72. The second-order valence-corrected chi connectivity index (χ2v) is 8.93. The maximum atomic E-state index is 13.4. The highest BCUT2D eigenvalue weighted by Gasteiger charge is 2.34. The van der Waals surface area contributed by atoms with Gasteiger partial charge in [0.2, 0.25) is 11.8 Å². The molecule has 0 saturated carbocycles. The minimum atomic E-state index is -0.248. The van der Waals surface area contributed by atoms with E-state index >= 15 is 0 Å². The van der Waals surface area contributed by atoms with Gasteiger partial charge in [-0.25, -0.2) is 4.39 Å². The van der Waals surface area contributed by atoms with Crippen LogP contribution in [0.4, 0.5) is 10.2 Å². The highest BCUT2D eigenvalue weighted by molar-refractivity contribution is 14.1. The van der Waals surface area contributed by atoms with Crippen molar-refractivity contribution in [3.05, 3.63) is 50.8 Å². The van der Waals surface area contributed by atoms with Crippen molar-refractivity contribution in [3.63, 3.8) is 0 Å². The van der Waals surface area contributed by atoms with Crippen molar-refractivity contribution in [3.8, 4) is 5.88 Å². The Balaban J connectivity index is 1.77. The van der Waals surface area contributed by atoms with E-state index in [1.165, 1.54) is 26.2 Å². The Labute approximate surface area is 195 Å². The Morgan fingerprint density at radius 1 is 1.23 bits per heavy atom. The smallest absolute Gasteiger partial charge is 0.259 e. The molecule has 2 aromatic rings. The zero-order valence-electron chi connectivity index (χ0n) is 18.0. The topological polar surface area (TPSA) is 74.8 Å². The number of nitrogens with zero attached hydrogens (tertiary/aromatic N) is 3. The Morgan fingerprint density at radius 2 is 1.90 bits per heavy atom. The largest absolute Gasteiger partial charge is 0.480 e. The van der Waals surface area contributed by atoms with Crippen LogP contribution in [0.15, 0.2) is 30.3 Å². The van der Waals surface area contributed by atoms with Crippen molar-refractivity contribution in [1.82, 2.24) is 14.8 Å². The number of ether oxygens (including phenoxy) is 1. The van der Waals surface area contributed by atoms with E-state index in [2.05, 4.69) is 22.1 Å². The molecule has 7 nitrogen and oxygen atoms in total. The summed E-state index contributed by atoms with van der Waals surface area (Å²) in [6, 6.07) is 8.31. The number of hydrogen-bond acceptors (Lipinski definition) is 5. The summed E-state index contributed by atoms with van der Waals surface area (Å²) >= 11 is 2.05. The van der Waals surface area contributed by atoms with Crippen LogP contribution in [0.25, 0.3) is 0 Å². The summed E-state index contributed by atoms with van der Waals surface area (Å²) in [5, 5.41) is 2.65. The molecule has 1 N–H and O–H groups in total. The normalized spacial score (nSPS) is 19.2. The van der Waals surface area contributed by atoms with E-state index in [1.807, 2.05) is 34.4 Å². The summed E-state index contributed by atoms with van der Waals surface area (Å²) in [5.41, 5.74) is 1.40. The van der Waals surface area contributed by atoms with Gasteiger partial charge >= 0.3 is 0 Å². The van der Waals surface area contributed by atoms with Crippen LogP contribution in [0, 0.1) is 9.39 Å². The quantitative estimate of drug-likeness (QED) is 0.588. The molecular weight excluding hydrogens is 514 g/mol. The highest BCUT2D eigenvalue weighted by Crippen LogP contribution is 2.28. The maximum Gasteiger partial charge on any atom is 0.259 e. The van der Waals surface area contributed by atoms with Gasteiger partial charge in [-0.2, -0.15) is 4.98 Å². The van der Waals surface area contributed by atoms with Crippen LogP contribution in [0.3, 0.4) is 0 Å². The zero-order chi connectivity index (χ0) is 22.7. The maximum absolute atomic E-state index is 13.4. The number of piperazine rings is 1. The van der Waals surface area contributed by atoms with Crippen LogP contribution >= 0.6 is 22.6 Å². The monoisotopic (exact) mass is 540 g/mol. The Bertz CT molecular complexity index is 970. The second-order valence-electron chi connectivity index (χ2n) is 7.77. The number of anilines is 1. The van der Waals surface area contributed by atoms with E-state index < -0.39 is 0 Å². The number of aromatic nitrogens is 1. The van der Waals surface area contributed by atoms with Crippen molar-refractivity contribution in [2.24, 2.45) is 0 Å². The Kier molecular flexibility index (Phi) is 7.47. The van der Waals surface area contributed by atoms with Crippen molar-refractivity contribution in [1.29, 1.82) is 0 Å². The predicted octanol–water partition coefficient (Wildman–Crippen LogP) is 3.53. The summed E-state index contributed by atoms with van der Waals surface area (Å²) < 4.78 is 19.2.